The van der Waals surface area contributed by atoms with Crippen molar-refractivity contribution in [2.75, 3.05) is 19.7 Å². The monoisotopic (exact) mass is 437 g/mol. The summed E-state index contributed by atoms with van der Waals surface area (Å²) in [4.78, 5) is 26.8. The maximum absolute atomic E-state index is 13.4. The number of halogens is 1. The molecule has 0 aliphatic carbocycles. The number of carbonyl (C=O) groups excluding carboxylic acids is 2. The summed E-state index contributed by atoms with van der Waals surface area (Å²) in [5.41, 5.74) is 9.27. The molecular formula is C24H24ClN3O3. The van der Waals surface area contributed by atoms with Gasteiger partial charge in [0.2, 0.25) is 5.91 Å². The Bertz CT molecular complexity index is 1180. The number of carbonyl (C=O) groups is 2. The number of piperidine rings is 1. The van der Waals surface area contributed by atoms with Crippen LogP contribution in [0.2, 0.25) is 5.02 Å². The van der Waals surface area contributed by atoms with Crippen LogP contribution in [0.5, 0.6) is 5.75 Å². The lowest BCUT2D eigenvalue weighted by molar-refractivity contribution is -0.118. The summed E-state index contributed by atoms with van der Waals surface area (Å²) in [7, 11) is 0. The van der Waals surface area contributed by atoms with Crippen molar-refractivity contribution in [3.63, 3.8) is 0 Å². The molecule has 2 N–H and O–H groups in total. The predicted octanol–water partition coefficient (Wildman–Crippen LogP) is 3.73. The van der Waals surface area contributed by atoms with Gasteiger partial charge >= 0.3 is 0 Å². The zero-order valence-electron chi connectivity index (χ0n) is 17.1. The van der Waals surface area contributed by atoms with E-state index in [-0.39, 0.29) is 12.5 Å². The molecule has 3 aromatic rings. The molecule has 0 unspecified atom stereocenters. The van der Waals surface area contributed by atoms with Crippen LogP contribution < -0.4 is 10.5 Å². The first-order valence-corrected chi connectivity index (χ1v) is 11.0. The Morgan fingerprint density at radius 1 is 1.16 bits per heavy atom. The molecule has 0 atom stereocenters. The summed E-state index contributed by atoms with van der Waals surface area (Å²) in [5, 5.41) is 1.33. The smallest absolute Gasteiger partial charge is 0.256 e. The van der Waals surface area contributed by atoms with Gasteiger partial charge in [0.05, 0.1) is 17.7 Å². The normalized spacial score (nSPS) is 16.4. The second-order valence-electron chi connectivity index (χ2n) is 8.30. The van der Waals surface area contributed by atoms with Crippen LogP contribution in [0.3, 0.4) is 0 Å². The second kappa shape index (κ2) is 7.93. The van der Waals surface area contributed by atoms with Gasteiger partial charge in [0, 0.05) is 36.1 Å². The van der Waals surface area contributed by atoms with Gasteiger partial charge < -0.3 is 19.9 Å². The summed E-state index contributed by atoms with van der Waals surface area (Å²) < 4.78 is 7.59. The Labute approximate surface area is 185 Å². The van der Waals surface area contributed by atoms with E-state index < -0.39 is 5.91 Å². The van der Waals surface area contributed by atoms with Crippen LogP contribution in [0.15, 0.2) is 42.6 Å². The standard InChI is InChI=1S/C24H24ClN3O3/c25-17-4-5-19-20(13-28(14-22(26)29)21(19)12-17)24(30)27-9-6-15(7-10-27)18-3-1-2-16-8-11-31-23(16)18/h1-5,12-13,15H,6-11,14H2,(H2,26,29). The van der Waals surface area contributed by atoms with Gasteiger partial charge in [0.25, 0.3) is 5.91 Å². The fraction of sp³-hybridized carbons (Fsp3) is 0.333. The Morgan fingerprint density at radius 3 is 2.74 bits per heavy atom. The van der Waals surface area contributed by atoms with Crippen molar-refractivity contribution in [1.29, 1.82) is 0 Å². The minimum Gasteiger partial charge on any atom is -0.493 e. The molecule has 0 spiro atoms. The number of nitrogens with two attached hydrogens (primary N) is 1. The SMILES string of the molecule is NC(=O)Cn1cc(C(=O)N2CCC(c3cccc4c3OCC4)CC2)c2ccc(Cl)cc21. The molecule has 31 heavy (non-hydrogen) atoms. The van der Waals surface area contributed by atoms with Crippen molar-refractivity contribution < 1.29 is 14.3 Å². The number of benzene rings is 2. The quantitative estimate of drug-likeness (QED) is 0.675. The molecule has 6 nitrogen and oxygen atoms in total. The molecule has 0 bridgehead atoms. The van der Waals surface area contributed by atoms with Crippen LogP contribution in [0, 0.1) is 0 Å². The lowest BCUT2D eigenvalue weighted by Crippen LogP contribution is -2.38. The Kier molecular flexibility index (Phi) is 5.10. The van der Waals surface area contributed by atoms with Crippen LogP contribution in [-0.4, -0.2) is 41.0 Å². The Hall–Kier alpha value is -2.99. The van der Waals surface area contributed by atoms with Gasteiger partial charge in [-0.05, 0) is 42.0 Å². The van der Waals surface area contributed by atoms with Gasteiger partial charge in [-0.1, -0.05) is 35.9 Å². The molecule has 3 heterocycles. The summed E-state index contributed by atoms with van der Waals surface area (Å²) in [6.07, 6.45) is 4.49. The van der Waals surface area contributed by atoms with E-state index in [1.807, 2.05) is 11.0 Å². The van der Waals surface area contributed by atoms with Gasteiger partial charge in [0.1, 0.15) is 12.3 Å². The number of ether oxygens (including phenoxy) is 1. The molecule has 1 saturated heterocycles. The number of rotatable bonds is 4. The van der Waals surface area contributed by atoms with Crippen LogP contribution >= 0.6 is 11.6 Å². The lowest BCUT2D eigenvalue weighted by atomic mass is 9.87. The molecule has 2 aromatic carbocycles. The third-order valence-corrected chi connectivity index (χ3v) is 6.60. The van der Waals surface area contributed by atoms with Crippen molar-refractivity contribution in [1.82, 2.24) is 9.47 Å². The minimum atomic E-state index is -0.464. The second-order valence-corrected chi connectivity index (χ2v) is 8.74. The largest absolute Gasteiger partial charge is 0.493 e. The van der Waals surface area contributed by atoms with E-state index in [0.29, 0.717) is 29.6 Å². The van der Waals surface area contributed by atoms with E-state index in [4.69, 9.17) is 22.1 Å². The molecule has 1 aromatic heterocycles. The number of primary amides is 1. The molecule has 5 rings (SSSR count). The van der Waals surface area contributed by atoms with E-state index in [0.717, 1.165) is 42.5 Å². The average Bonchev–Trinajstić information content (AvgIpc) is 3.38. The minimum absolute atomic E-state index is 0.00527. The van der Waals surface area contributed by atoms with Gasteiger partial charge in [-0.25, -0.2) is 0 Å². The van der Waals surface area contributed by atoms with E-state index >= 15 is 0 Å². The van der Waals surface area contributed by atoms with E-state index in [1.54, 1.807) is 22.9 Å². The molecule has 2 amide bonds. The maximum Gasteiger partial charge on any atom is 0.256 e. The van der Waals surface area contributed by atoms with Crippen LogP contribution in [0.25, 0.3) is 10.9 Å². The predicted molar refractivity (Wildman–Crippen MR) is 120 cm³/mol. The molecule has 2 aliphatic rings. The van der Waals surface area contributed by atoms with E-state index in [2.05, 4.69) is 18.2 Å². The van der Waals surface area contributed by atoms with E-state index in [9.17, 15) is 9.59 Å². The highest BCUT2D eigenvalue weighted by atomic mass is 35.5. The number of likely N-dealkylation sites (tertiary alicyclic amines) is 1. The summed E-state index contributed by atoms with van der Waals surface area (Å²) >= 11 is 6.14. The fourth-order valence-electron chi connectivity index (χ4n) is 4.86. The zero-order valence-corrected chi connectivity index (χ0v) is 17.9. The molecule has 0 saturated carbocycles. The Morgan fingerprint density at radius 2 is 1.97 bits per heavy atom. The van der Waals surface area contributed by atoms with Gasteiger partial charge in [-0.3, -0.25) is 9.59 Å². The number of nitrogens with zero attached hydrogens (tertiary/aromatic N) is 2. The van der Waals surface area contributed by atoms with Crippen molar-refractivity contribution in [3.8, 4) is 5.75 Å². The number of hydrogen-bond acceptors (Lipinski definition) is 3. The summed E-state index contributed by atoms with van der Waals surface area (Å²) in [6.45, 7) is 2.13. The molecule has 160 valence electrons. The molecule has 7 heteroatoms. The first kappa shape index (κ1) is 19.9. The summed E-state index contributed by atoms with van der Waals surface area (Å²) in [5.74, 6) is 0.962. The Balaban J connectivity index is 1.37. The third-order valence-electron chi connectivity index (χ3n) is 6.37. The molecule has 2 aliphatic heterocycles. The molecule has 1 fully saturated rings. The highest BCUT2D eigenvalue weighted by Gasteiger charge is 2.29. The lowest BCUT2D eigenvalue weighted by Gasteiger charge is -2.32. The average molecular weight is 438 g/mol. The van der Waals surface area contributed by atoms with Crippen LogP contribution in [0.1, 0.15) is 40.2 Å². The zero-order chi connectivity index (χ0) is 21.5. The van der Waals surface area contributed by atoms with Gasteiger partial charge in [-0.2, -0.15) is 0 Å². The summed E-state index contributed by atoms with van der Waals surface area (Å²) in [6, 6.07) is 11.8. The number of hydrogen-bond donors (Lipinski definition) is 1. The number of aromatic nitrogens is 1. The fourth-order valence-corrected chi connectivity index (χ4v) is 5.03. The number of para-hydroxylation sites is 1. The highest BCUT2D eigenvalue weighted by molar-refractivity contribution is 6.31. The highest BCUT2D eigenvalue weighted by Crippen LogP contribution is 2.39. The third kappa shape index (κ3) is 3.65. The van der Waals surface area contributed by atoms with Crippen LogP contribution in [-0.2, 0) is 17.8 Å². The maximum atomic E-state index is 13.4. The van der Waals surface area contributed by atoms with E-state index in [1.165, 1.54) is 11.1 Å². The van der Waals surface area contributed by atoms with Crippen molar-refractivity contribution in [2.45, 2.75) is 31.7 Å². The van der Waals surface area contributed by atoms with Crippen molar-refractivity contribution in [3.05, 3.63) is 64.3 Å². The topological polar surface area (TPSA) is 77.6 Å². The molecular weight excluding hydrogens is 414 g/mol. The number of fused-ring (bicyclic) bond motifs is 2. The van der Waals surface area contributed by atoms with Crippen molar-refractivity contribution in [2.24, 2.45) is 5.73 Å². The number of amides is 2. The first-order chi connectivity index (χ1) is 15.0. The van der Waals surface area contributed by atoms with Gasteiger partial charge in [0.15, 0.2) is 0 Å². The molecule has 0 radical (unpaired) electrons. The first-order valence-electron chi connectivity index (χ1n) is 10.6. The van der Waals surface area contributed by atoms with Crippen LogP contribution in [0.4, 0.5) is 0 Å². The van der Waals surface area contributed by atoms with Gasteiger partial charge in [-0.15, -0.1) is 0 Å². The van der Waals surface area contributed by atoms with Crippen molar-refractivity contribution >= 4 is 34.3 Å².